The maximum Gasteiger partial charge on any atom is 0.416 e. The summed E-state index contributed by atoms with van der Waals surface area (Å²) in [7, 11) is 0. The highest BCUT2D eigenvalue weighted by molar-refractivity contribution is 7.10. The predicted molar refractivity (Wildman–Crippen MR) is 71.3 cm³/mol. The third-order valence-electron chi connectivity index (χ3n) is 2.66. The van der Waals surface area contributed by atoms with Crippen LogP contribution in [-0.2, 0) is 23.9 Å². The van der Waals surface area contributed by atoms with E-state index in [4.69, 9.17) is 0 Å². The Kier molecular flexibility index (Phi) is 4.44. The van der Waals surface area contributed by atoms with Crippen molar-refractivity contribution in [3.63, 3.8) is 0 Å². The number of thiophene rings is 1. The summed E-state index contributed by atoms with van der Waals surface area (Å²) in [6.45, 7) is 0.0914. The maximum absolute atomic E-state index is 12.5. The molecule has 0 saturated carbocycles. The zero-order chi connectivity index (χ0) is 14.6. The van der Waals surface area contributed by atoms with E-state index >= 15 is 0 Å². The van der Waals surface area contributed by atoms with E-state index < -0.39 is 11.7 Å². The van der Waals surface area contributed by atoms with Crippen LogP contribution in [0, 0.1) is 0 Å². The first-order valence-corrected chi connectivity index (χ1v) is 6.78. The van der Waals surface area contributed by atoms with E-state index in [9.17, 15) is 18.0 Å². The second kappa shape index (κ2) is 6.09. The number of rotatable bonds is 4. The normalized spacial score (nSPS) is 11.3. The molecule has 0 fully saturated rings. The Bertz CT molecular complexity index is 578. The van der Waals surface area contributed by atoms with Crippen molar-refractivity contribution in [3.05, 3.63) is 57.8 Å². The number of carbonyl (C=O) groups excluding carboxylic acids is 1. The number of carbonyl (C=O) groups is 1. The van der Waals surface area contributed by atoms with Gasteiger partial charge in [0.1, 0.15) is 0 Å². The fourth-order valence-electron chi connectivity index (χ4n) is 1.69. The summed E-state index contributed by atoms with van der Waals surface area (Å²) in [5.41, 5.74) is -0.276. The lowest BCUT2D eigenvalue weighted by Gasteiger charge is -2.09. The molecule has 0 bridgehead atoms. The molecule has 1 aromatic carbocycles. The van der Waals surface area contributed by atoms with E-state index in [0.717, 1.165) is 17.0 Å². The molecule has 0 aliphatic rings. The average molecular weight is 299 g/mol. The number of halogens is 3. The number of alkyl halides is 3. The maximum atomic E-state index is 12.5. The molecule has 0 saturated heterocycles. The first-order valence-electron chi connectivity index (χ1n) is 5.90. The molecule has 2 rings (SSSR count). The minimum Gasteiger partial charge on any atom is -0.352 e. The molecule has 1 amide bonds. The van der Waals surface area contributed by atoms with Crippen molar-refractivity contribution in [2.75, 3.05) is 0 Å². The predicted octanol–water partition coefficient (Wildman–Crippen LogP) is 3.63. The fourth-order valence-corrected chi connectivity index (χ4v) is 2.40. The first kappa shape index (κ1) is 14.6. The minimum absolute atomic E-state index is 0.0914. The van der Waals surface area contributed by atoms with Crippen LogP contribution in [0.5, 0.6) is 0 Å². The Balaban J connectivity index is 1.92. The second-order valence-corrected chi connectivity index (χ2v) is 5.26. The Morgan fingerprint density at radius 3 is 2.65 bits per heavy atom. The monoisotopic (exact) mass is 299 g/mol. The number of hydrogen-bond donors (Lipinski definition) is 1. The van der Waals surface area contributed by atoms with Gasteiger partial charge >= 0.3 is 6.18 Å². The van der Waals surface area contributed by atoms with Gasteiger partial charge in [0.2, 0.25) is 5.91 Å². The van der Waals surface area contributed by atoms with Gasteiger partial charge in [-0.05, 0) is 29.1 Å². The zero-order valence-corrected chi connectivity index (χ0v) is 11.2. The van der Waals surface area contributed by atoms with E-state index in [1.807, 2.05) is 17.5 Å². The molecular formula is C14H12F3NOS. The van der Waals surface area contributed by atoms with Crippen LogP contribution in [0.3, 0.4) is 0 Å². The Hall–Kier alpha value is -1.82. The number of nitrogens with one attached hydrogen (secondary N) is 1. The molecule has 2 aromatic rings. The first-order chi connectivity index (χ1) is 9.45. The molecule has 0 radical (unpaired) electrons. The van der Waals surface area contributed by atoms with Gasteiger partial charge in [0.05, 0.1) is 12.0 Å². The smallest absolute Gasteiger partial charge is 0.352 e. The van der Waals surface area contributed by atoms with Gasteiger partial charge in [0.15, 0.2) is 0 Å². The molecule has 0 atom stereocenters. The molecule has 106 valence electrons. The number of hydrogen-bond acceptors (Lipinski definition) is 2. The minimum atomic E-state index is -4.36. The van der Waals surface area contributed by atoms with Crippen molar-refractivity contribution in [1.82, 2.24) is 5.32 Å². The van der Waals surface area contributed by atoms with Gasteiger partial charge in [-0.2, -0.15) is 13.2 Å². The third kappa shape index (κ3) is 4.09. The largest absolute Gasteiger partial charge is 0.416 e. The Morgan fingerprint density at radius 1 is 1.20 bits per heavy atom. The third-order valence-corrected chi connectivity index (χ3v) is 3.54. The van der Waals surface area contributed by atoms with Gasteiger partial charge in [-0.1, -0.05) is 18.2 Å². The Labute approximate surface area is 118 Å². The van der Waals surface area contributed by atoms with Gasteiger partial charge in [0.25, 0.3) is 0 Å². The van der Waals surface area contributed by atoms with Gasteiger partial charge in [0, 0.05) is 11.4 Å². The molecule has 0 aliphatic heterocycles. The fraction of sp³-hybridized carbons (Fsp3) is 0.214. The lowest BCUT2D eigenvalue weighted by Crippen LogP contribution is -2.24. The van der Waals surface area contributed by atoms with Gasteiger partial charge in [-0.25, -0.2) is 0 Å². The second-order valence-electron chi connectivity index (χ2n) is 4.23. The molecule has 1 aromatic heterocycles. The van der Waals surface area contributed by atoms with Crippen LogP contribution < -0.4 is 5.32 Å². The van der Waals surface area contributed by atoms with Crippen LogP contribution in [0.4, 0.5) is 13.2 Å². The molecule has 20 heavy (non-hydrogen) atoms. The van der Waals surface area contributed by atoms with Gasteiger partial charge in [-0.15, -0.1) is 11.3 Å². The van der Waals surface area contributed by atoms with Crippen LogP contribution in [0.25, 0.3) is 0 Å². The molecule has 0 unspecified atom stereocenters. The van der Waals surface area contributed by atoms with Crippen LogP contribution in [-0.4, -0.2) is 5.91 Å². The summed E-state index contributed by atoms with van der Waals surface area (Å²) in [5, 5.41) is 4.49. The lowest BCUT2D eigenvalue weighted by atomic mass is 10.1. The topological polar surface area (TPSA) is 29.1 Å². The molecule has 6 heteroatoms. The van der Waals surface area contributed by atoms with E-state index in [2.05, 4.69) is 5.32 Å². The van der Waals surface area contributed by atoms with E-state index in [1.54, 1.807) is 6.07 Å². The van der Waals surface area contributed by atoms with Crippen LogP contribution in [0.1, 0.15) is 16.0 Å². The molecule has 1 N–H and O–H groups in total. The summed E-state index contributed by atoms with van der Waals surface area (Å²) >= 11 is 1.47. The van der Waals surface area contributed by atoms with Crippen LogP contribution >= 0.6 is 11.3 Å². The van der Waals surface area contributed by atoms with Crippen molar-refractivity contribution in [3.8, 4) is 0 Å². The Morgan fingerprint density at radius 2 is 2.00 bits per heavy atom. The van der Waals surface area contributed by atoms with E-state index in [-0.39, 0.29) is 18.9 Å². The molecule has 0 aliphatic carbocycles. The van der Waals surface area contributed by atoms with Crippen LogP contribution in [0.15, 0.2) is 41.8 Å². The van der Waals surface area contributed by atoms with Crippen LogP contribution in [0.2, 0.25) is 0 Å². The lowest BCUT2D eigenvalue weighted by molar-refractivity contribution is -0.137. The van der Waals surface area contributed by atoms with Crippen molar-refractivity contribution in [2.24, 2.45) is 0 Å². The molecule has 2 nitrogen and oxygen atoms in total. The average Bonchev–Trinajstić information content (AvgIpc) is 2.88. The zero-order valence-electron chi connectivity index (χ0n) is 10.4. The summed E-state index contributed by atoms with van der Waals surface area (Å²) in [5.74, 6) is -0.204. The summed E-state index contributed by atoms with van der Waals surface area (Å²) < 4.78 is 37.6. The van der Waals surface area contributed by atoms with Gasteiger partial charge in [-0.3, -0.25) is 4.79 Å². The molecular weight excluding hydrogens is 287 g/mol. The van der Waals surface area contributed by atoms with Crippen molar-refractivity contribution in [1.29, 1.82) is 0 Å². The highest BCUT2D eigenvalue weighted by atomic mass is 32.1. The standard InChI is InChI=1S/C14H12F3NOS/c15-14(16,17)11-4-1-3-10(7-11)9-18-13(19)8-12-5-2-6-20-12/h1-7H,8-9H2,(H,18,19). The molecule has 1 heterocycles. The van der Waals surface area contributed by atoms with E-state index in [1.165, 1.54) is 17.4 Å². The summed E-state index contributed by atoms with van der Waals surface area (Å²) in [4.78, 5) is 12.6. The van der Waals surface area contributed by atoms with E-state index in [0.29, 0.717) is 5.56 Å². The molecule has 0 spiro atoms. The quantitative estimate of drug-likeness (QED) is 0.918. The SMILES string of the molecule is O=C(Cc1cccs1)NCc1cccc(C(F)(F)F)c1. The summed E-state index contributed by atoms with van der Waals surface area (Å²) in [6, 6.07) is 8.64. The summed E-state index contributed by atoms with van der Waals surface area (Å²) in [6.07, 6.45) is -4.12. The highest BCUT2D eigenvalue weighted by Crippen LogP contribution is 2.29. The van der Waals surface area contributed by atoms with Gasteiger partial charge < -0.3 is 5.32 Å². The highest BCUT2D eigenvalue weighted by Gasteiger charge is 2.30. The van der Waals surface area contributed by atoms with Crippen molar-refractivity contribution in [2.45, 2.75) is 19.1 Å². The number of benzene rings is 1. The van der Waals surface area contributed by atoms with Crippen molar-refractivity contribution >= 4 is 17.2 Å². The van der Waals surface area contributed by atoms with Crippen molar-refractivity contribution < 1.29 is 18.0 Å². The number of amides is 1.